The van der Waals surface area contributed by atoms with Crippen molar-refractivity contribution in [3.8, 4) is 5.75 Å². The van der Waals surface area contributed by atoms with E-state index in [0.29, 0.717) is 18.1 Å². The molecular formula is C14H18N2O3. The molecule has 1 aromatic heterocycles. The van der Waals surface area contributed by atoms with Gasteiger partial charge in [-0.25, -0.2) is 0 Å². The highest BCUT2D eigenvalue weighted by Gasteiger charge is 2.21. The summed E-state index contributed by atoms with van der Waals surface area (Å²) in [5, 5.41) is 13.2. The first-order chi connectivity index (χ1) is 9.10. The third kappa shape index (κ3) is 3.32. The minimum absolute atomic E-state index is 0.155. The van der Waals surface area contributed by atoms with Gasteiger partial charge in [-0.1, -0.05) is 31.1 Å². The molecule has 0 aliphatic carbocycles. The molecule has 1 unspecified atom stereocenters. The molecule has 0 spiro atoms. The molecule has 0 radical (unpaired) electrons. The van der Waals surface area contributed by atoms with E-state index in [1.165, 1.54) is 0 Å². The topological polar surface area (TPSA) is 68.4 Å². The first-order valence-electron chi connectivity index (χ1n) is 6.23. The average Bonchev–Trinajstić information content (AvgIpc) is 2.81. The molecule has 0 aliphatic rings. The highest BCUT2D eigenvalue weighted by atomic mass is 16.5. The Kier molecular flexibility index (Phi) is 4.16. The van der Waals surface area contributed by atoms with Crippen LogP contribution in [-0.4, -0.2) is 22.4 Å². The number of aromatic nitrogens is 2. The summed E-state index contributed by atoms with van der Waals surface area (Å²) < 4.78 is 10.6. The van der Waals surface area contributed by atoms with Gasteiger partial charge in [-0.2, -0.15) is 4.98 Å². The molecule has 102 valence electrons. The Morgan fingerprint density at radius 2 is 1.95 bits per heavy atom. The maximum atomic E-state index is 9.22. The van der Waals surface area contributed by atoms with Gasteiger partial charge in [0.25, 0.3) is 0 Å². The molecular weight excluding hydrogens is 244 g/mol. The largest absolute Gasteiger partial charge is 0.508 e. The van der Waals surface area contributed by atoms with E-state index in [4.69, 9.17) is 9.26 Å². The lowest BCUT2D eigenvalue weighted by Gasteiger charge is -2.14. The van der Waals surface area contributed by atoms with Crippen molar-refractivity contribution in [1.82, 2.24) is 10.1 Å². The fourth-order valence-electron chi connectivity index (χ4n) is 1.92. The third-order valence-corrected chi connectivity index (χ3v) is 2.89. The van der Waals surface area contributed by atoms with Crippen LogP contribution in [0.15, 0.2) is 28.8 Å². The summed E-state index contributed by atoms with van der Waals surface area (Å²) in [6.45, 7) is 4.09. The molecule has 19 heavy (non-hydrogen) atoms. The Balaban J connectivity index is 2.10. The van der Waals surface area contributed by atoms with Gasteiger partial charge in [-0.05, 0) is 23.6 Å². The fourth-order valence-corrected chi connectivity index (χ4v) is 1.92. The average molecular weight is 262 g/mol. The van der Waals surface area contributed by atoms with Crippen molar-refractivity contribution >= 4 is 0 Å². The second-order valence-electron chi connectivity index (χ2n) is 4.79. The Bertz CT molecular complexity index is 520. The molecule has 5 heteroatoms. The van der Waals surface area contributed by atoms with Crippen molar-refractivity contribution in [1.29, 1.82) is 0 Å². The van der Waals surface area contributed by atoms with E-state index in [9.17, 15) is 5.11 Å². The van der Waals surface area contributed by atoms with Gasteiger partial charge < -0.3 is 14.4 Å². The van der Waals surface area contributed by atoms with E-state index in [-0.39, 0.29) is 17.8 Å². The van der Waals surface area contributed by atoms with Gasteiger partial charge in [0.15, 0.2) is 0 Å². The number of methoxy groups -OCH3 is 1. The van der Waals surface area contributed by atoms with Crippen LogP contribution in [0.4, 0.5) is 0 Å². The van der Waals surface area contributed by atoms with Gasteiger partial charge in [0.05, 0.1) is 6.42 Å². The van der Waals surface area contributed by atoms with E-state index >= 15 is 0 Å². The van der Waals surface area contributed by atoms with Crippen molar-refractivity contribution in [3.05, 3.63) is 41.5 Å². The number of aromatic hydroxyl groups is 1. The second kappa shape index (κ2) is 5.84. The van der Waals surface area contributed by atoms with Gasteiger partial charge in [0.1, 0.15) is 11.9 Å². The van der Waals surface area contributed by atoms with E-state index in [2.05, 4.69) is 10.1 Å². The van der Waals surface area contributed by atoms with Crippen LogP contribution in [0.3, 0.4) is 0 Å². The van der Waals surface area contributed by atoms with Gasteiger partial charge in [0.2, 0.25) is 11.7 Å². The summed E-state index contributed by atoms with van der Waals surface area (Å²) in [6.07, 6.45) is 0.388. The summed E-state index contributed by atoms with van der Waals surface area (Å²) in [5.41, 5.74) is 1.01. The highest BCUT2D eigenvalue weighted by Crippen LogP contribution is 2.23. The second-order valence-corrected chi connectivity index (χ2v) is 4.79. The van der Waals surface area contributed by atoms with Crippen molar-refractivity contribution in [2.45, 2.75) is 26.4 Å². The molecule has 1 N–H and O–H groups in total. The molecule has 0 bridgehead atoms. The molecule has 0 saturated carbocycles. The standard InChI is InChI=1S/C14H18N2O3/c1-9(2)13(18-3)14-15-12(19-16-14)8-10-4-6-11(17)7-5-10/h4-7,9,13,17H,8H2,1-3H3. The van der Waals surface area contributed by atoms with Crippen LogP contribution in [-0.2, 0) is 11.2 Å². The number of phenols is 1. The number of nitrogens with zero attached hydrogens (tertiary/aromatic N) is 2. The highest BCUT2D eigenvalue weighted by molar-refractivity contribution is 5.27. The normalized spacial score (nSPS) is 12.8. The zero-order valence-corrected chi connectivity index (χ0v) is 11.3. The van der Waals surface area contributed by atoms with Crippen LogP contribution in [0.1, 0.15) is 37.2 Å². The number of benzene rings is 1. The zero-order chi connectivity index (χ0) is 13.8. The lowest BCUT2D eigenvalue weighted by atomic mass is 10.1. The molecule has 1 atom stereocenters. The minimum atomic E-state index is -0.155. The summed E-state index contributed by atoms with van der Waals surface area (Å²) in [5.74, 6) is 1.65. The predicted molar refractivity (Wildman–Crippen MR) is 69.8 cm³/mol. The molecule has 5 nitrogen and oxygen atoms in total. The minimum Gasteiger partial charge on any atom is -0.508 e. The van der Waals surface area contributed by atoms with Crippen molar-refractivity contribution < 1.29 is 14.4 Å². The number of rotatable bonds is 5. The molecule has 1 aromatic carbocycles. The zero-order valence-electron chi connectivity index (χ0n) is 11.3. The van der Waals surface area contributed by atoms with Gasteiger partial charge in [0, 0.05) is 7.11 Å². The van der Waals surface area contributed by atoms with Crippen molar-refractivity contribution in [2.24, 2.45) is 5.92 Å². The van der Waals surface area contributed by atoms with Crippen LogP contribution in [0, 0.1) is 5.92 Å². The quantitative estimate of drug-likeness (QED) is 0.897. The fraction of sp³-hybridized carbons (Fsp3) is 0.429. The Morgan fingerprint density at radius 1 is 1.26 bits per heavy atom. The molecule has 2 rings (SSSR count). The number of phenolic OH excluding ortho intramolecular Hbond substituents is 1. The van der Waals surface area contributed by atoms with E-state index in [1.807, 2.05) is 26.0 Å². The van der Waals surface area contributed by atoms with Crippen LogP contribution >= 0.6 is 0 Å². The number of ether oxygens (including phenoxy) is 1. The third-order valence-electron chi connectivity index (χ3n) is 2.89. The summed E-state index contributed by atoms with van der Waals surface area (Å²) in [6, 6.07) is 6.93. The van der Waals surface area contributed by atoms with Crippen LogP contribution in [0.2, 0.25) is 0 Å². The van der Waals surface area contributed by atoms with Gasteiger partial charge >= 0.3 is 0 Å². The van der Waals surface area contributed by atoms with Crippen molar-refractivity contribution in [3.63, 3.8) is 0 Å². The lowest BCUT2D eigenvalue weighted by Crippen LogP contribution is -2.10. The number of hydrogen-bond donors (Lipinski definition) is 1. The van der Waals surface area contributed by atoms with Gasteiger partial charge in [-0.15, -0.1) is 0 Å². The molecule has 2 aromatic rings. The van der Waals surface area contributed by atoms with Crippen LogP contribution in [0.5, 0.6) is 5.75 Å². The van der Waals surface area contributed by atoms with Gasteiger partial charge in [-0.3, -0.25) is 0 Å². The molecule has 1 heterocycles. The SMILES string of the molecule is COC(c1noc(Cc2ccc(O)cc2)n1)C(C)C. The number of hydrogen-bond acceptors (Lipinski definition) is 5. The van der Waals surface area contributed by atoms with E-state index < -0.39 is 0 Å². The molecule has 0 saturated heterocycles. The summed E-state index contributed by atoms with van der Waals surface area (Å²) in [4.78, 5) is 4.36. The maximum absolute atomic E-state index is 9.22. The maximum Gasteiger partial charge on any atom is 0.231 e. The van der Waals surface area contributed by atoms with Crippen LogP contribution in [0.25, 0.3) is 0 Å². The van der Waals surface area contributed by atoms with Crippen molar-refractivity contribution in [2.75, 3.05) is 7.11 Å². The molecule has 0 fully saturated rings. The van der Waals surface area contributed by atoms with Crippen LogP contribution < -0.4 is 0 Å². The van der Waals surface area contributed by atoms with E-state index in [0.717, 1.165) is 5.56 Å². The predicted octanol–water partition coefficient (Wildman–Crippen LogP) is 2.71. The lowest BCUT2D eigenvalue weighted by molar-refractivity contribution is 0.0555. The monoisotopic (exact) mass is 262 g/mol. The smallest absolute Gasteiger partial charge is 0.231 e. The summed E-state index contributed by atoms with van der Waals surface area (Å²) >= 11 is 0. The Hall–Kier alpha value is -1.88. The summed E-state index contributed by atoms with van der Waals surface area (Å²) in [7, 11) is 1.64. The first-order valence-corrected chi connectivity index (χ1v) is 6.23. The van der Waals surface area contributed by atoms with E-state index in [1.54, 1.807) is 19.2 Å². The molecule has 0 aliphatic heterocycles. The molecule has 0 amide bonds. The Morgan fingerprint density at radius 3 is 2.53 bits per heavy atom. The first kappa shape index (κ1) is 13.5. The Labute approximate surface area is 112 Å².